The Bertz CT molecular complexity index is 1200. The number of aryl methyl sites for hydroxylation is 1. The zero-order valence-corrected chi connectivity index (χ0v) is 19.6. The largest absolute Gasteiger partial charge is 0.479 e. The summed E-state index contributed by atoms with van der Waals surface area (Å²) in [6.07, 6.45) is 9.22. The minimum Gasteiger partial charge on any atom is -0.479 e. The summed E-state index contributed by atoms with van der Waals surface area (Å²) in [5, 5.41) is 5.71. The minimum atomic E-state index is -2.85. The Hall–Kier alpha value is -3.34. The molecule has 2 aliphatic heterocycles. The molecule has 0 radical (unpaired) electrons. The molecule has 0 bridgehead atoms. The van der Waals surface area contributed by atoms with Gasteiger partial charge in [-0.15, -0.1) is 0 Å². The number of hydrogen-bond donors (Lipinski definition) is 2. The predicted octanol–water partition coefficient (Wildman–Crippen LogP) is 3.84. The number of alkyl halides is 2. The Labute approximate surface area is 202 Å². The lowest BCUT2D eigenvalue weighted by Crippen LogP contribution is -2.47. The maximum Gasteiger partial charge on any atom is 0.387 e. The number of nitrogens with one attached hydrogen (secondary N) is 2. The van der Waals surface area contributed by atoms with Crippen LogP contribution in [0.5, 0.6) is 11.6 Å². The molecule has 0 amide bonds. The summed E-state index contributed by atoms with van der Waals surface area (Å²) < 4.78 is 38.1. The van der Waals surface area contributed by atoms with E-state index >= 15 is 0 Å². The highest BCUT2D eigenvalue weighted by Crippen LogP contribution is 2.38. The van der Waals surface area contributed by atoms with Gasteiger partial charge in [0.1, 0.15) is 11.4 Å². The standard InChI is InChI=1S/C25H28F2N6O2/c1-16-14-32(15-28-16)20-11-9-17(29-24(20)34-2)10-12-22-30-23-19(7-5-13-33(23)31-22)18-6-3-4-8-21(18)35-25(26)27/h3-4,6,8-12,14-15,19,22-23,25,30-31H,5,7,13H2,1-2H3/t19-,22?,23?/m1/s1. The fourth-order valence-corrected chi connectivity index (χ4v) is 4.80. The predicted molar refractivity (Wildman–Crippen MR) is 127 cm³/mol. The van der Waals surface area contributed by atoms with Crippen LogP contribution in [0, 0.1) is 6.92 Å². The van der Waals surface area contributed by atoms with E-state index in [1.807, 2.05) is 54.1 Å². The summed E-state index contributed by atoms with van der Waals surface area (Å²) in [5.41, 5.74) is 6.73. The normalized spacial score (nSPS) is 22.6. The molecule has 4 heterocycles. The number of para-hydroxylation sites is 1. The number of methoxy groups -OCH3 is 1. The number of piperidine rings is 1. The van der Waals surface area contributed by atoms with Crippen LogP contribution >= 0.6 is 0 Å². The summed E-state index contributed by atoms with van der Waals surface area (Å²) in [6.45, 7) is -0.0611. The van der Waals surface area contributed by atoms with Crippen LogP contribution in [0.4, 0.5) is 8.78 Å². The summed E-state index contributed by atoms with van der Waals surface area (Å²) in [6, 6.07) is 10.9. The molecular weight excluding hydrogens is 454 g/mol. The van der Waals surface area contributed by atoms with Gasteiger partial charge >= 0.3 is 6.61 Å². The third kappa shape index (κ3) is 5.04. The number of nitrogens with zero attached hydrogens (tertiary/aromatic N) is 4. The first-order chi connectivity index (χ1) is 17.0. The van der Waals surface area contributed by atoms with Crippen molar-refractivity contribution in [3.63, 3.8) is 0 Å². The molecule has 2 N–H and O–H groups in total. The Kier molecular flexibility index (Phi) is 6.76. The van der Waals surface area contributed by atoms with Crippen LogP contribution in [-0.4, -0.2) is 52.1 Å². The third-order valence-corrected chi connectivity index (χ3v) is 6.33. The maximum atomic E-state index is 12.9. The summed E-state index contributed by atoms with van der Waals surface area (Å²) >= 11 is 0. The van der Waals surface area contributed by atoms with E-state index in [9.17, 15) is 8.78 Å². The topological polar surface area (TPSA) is 76.5 Å². The van der Waals surface area contributed by atoms with E-state index in [4.69, 9.17) is 9.47 Å². The van der Waals surface area contributed by atoms with Crippen molar-refractivity contribution in [1.82, 2.24) is 30.3 Å². The molecule has 8 nitrogen and oxygen atoms in total. The van der Waals surface area contributed by atoms with E-state index in [-0.39, 0.29) is 24.0 Å². The van der Waals surface area contributed by atoms with Crippen molar-refractivity contribution in [1.29, 1.82) is 0 Å². The summed E-state index contributed by atoms with van der Waals surface area (Å²) in [5.74, 6) is 0.755. The number of aromatic nitrogens is 3. The van der Waals surface area contributed by atoms with Crippen molar-refractivity contribution < 1.29 is 18.3 Å². The monoisotopic (exact) mass is 482 g/mol. The highest BCUT2D eigenvalue weighted by atomic mass is 19.3. The van der Waals surface area contributed by atoms with Gasteiger partial charge in [0.2, 0.25) is 5.88 Å². The first-order valence-corrected chi connectivity index (χ1v) is 11.6. The highest BCUT2D eigenvalue weighted by molar-refractivity contribution is 5.52. The zero-order valence-electron chi connectivity index (χ0n) is 19.6. The van der Waals surface area contributed by atoms with E-state index in [2.05, 4.69) is 25.7 Å². The SMILES string of the molecule is COc1nc(C=CC2NC3[C@@H](c4ccccc4OC(F)F)CCCN3N2)ccc1-n1cnc(C)c1. The molecule has 2 saturated heterocycles. The lowest BCUT2D eigenvalue weighted by Gasteiger charge is -2.36. The van der Waals surface area contributed by atoms with Crippen LogP contribution in [-0.2, 0) is 0 Å². The zero-order chi connectivity index (χ0) is 24.4. The smallest absolute Gasteiger partial charge is 0.387 e. The lowest BCUT2D eigenvalue weighted by atomic mass is 9.87. The van der Waals surface area contributed by atoms with Crippen LogP contribution < -0.4 is 20.2 Å². The van der Waals surface area contributed by atoms with Gasteiger partial charge in [0.05, 0.1) is 37.2 Å². The van der Waals surface area contributed by atoms with Crippen LogP contribution in [0.2, 0.25) is 0 Å². The fourth-order valence-electron chi connectivity index (χ4n) is 4.80. The van der Waals surface area contributed by atoms with Crippen LogP contribution in [0.15, 0.2) is 55.0 Å². The first kappa shape index (κ1) is 23.4. The van der Waals surface area contributed by atoms with Crippen molar-refractivity contribution in [2.45, 2.75) is 44.6 Å². The third-order valence-electron chi connectivity index (χ3n) is 6.33. The number of imidazole rings is 1. The van der Waals surface area contributed by atoms with Crippen molar-refractivity contribution in [2.75, 3.05) is 13.7 Å². The highest BCUT2D eigenvalue weighted by Gasteiger charge is 2.39. The molecular formula is C25H28F2N6O2. The second-order valence-corrected chi connectivity index (χ2v) is 8.62. The molecule has 3 aromatic rings. The Balaban J connectivity index is 1.31. The number of benzene rings is 1. The van der Waals surface area contributed by atoms with Gasteiger partial charge in [0, 0.05) is 24.2 Å². The van der Waals surface area contributed by atoms with Gasteiger partial charge in [-0.1, -0.05) is 18.2 Å². The fraction of sp³-hybridized carbons (Fsp3) is 0.360. The molecule has 0 saturated carbocycles. The van der Waals surface area contributed by atoms with Gasteiger partial charge < -0.3 is 14.0 Å². The molecule has 2 aromatic heterocycles. The van der Waals surface area contributed by atoms with Crippen molar-refractivity contribution >= 4 is 6.08 Å². The first-order valence-electron chi connectivity index (χ1n) is 11.6. The number of rotatable bonds is 7. The van der Waals surface area contributed by atoms with Gasteiger partial charge in [-0.25, -0.2) is 20.4 Å². The molecule has 5 rings (SSSR count). The van der Waals surface area contributed by atoms with Crippen molar-refractivity contribution in [2.24, 2.45) is 0 Å². The van der Waals surface area contributed by atoms with Crippen molar-refractivity contribution in [3.05, 3.63) is 71.9 Å². The number of pyridine rings is 1. The molecule has 2 aliphatic rings. The van der Waals surface area contributed by atoms with E-state index in [0.717, 1.165) is 42.0 Å². The van der Waals surface area contributed by atoms with Gasteiger partial charge in [0.25, 0.3) is 0 Å². The second kappa shape index (κ2) is 10.1. The molecule has 10 heteroatoms. The maximum absolute atomic E-state index is 12.9. The lowest BCUT2D eigenvalue weighted by molar-refractivity contribution is -0.0511. The number of fused-ring (bicyclic) bond motifs is 1. The van der Waals surface area contributed by atoms with Crippen LogP contribution in [0.1, 0.15) is 35.7 Å². The molecule has 184 valence electrons. The number of hydrazine groups is 1. The molecule has 1 aromatic carbocycles. The number of halogens is 2. The molecule has 0 spiro atoms. The van der Waals surface area contributed by atoms with Crippen molar-refractivity contribution in [3.8, 4) is 17.3 Å². The Morgan fingerprint density at radius 1 is 1.20 bits per heavy atom. The molecule has 35 heavy (non-hydrogen) atoms. The van der Waals surface area contributed by atoms with E-state index in [0.29, 0.717) is 5.88 Å². The van der Waals surface area contributed by atoms with E-state index < -0.39 is 6.61 Å². The van der Waals surface area contributed by atoms with Gasteiger partial charge in [-0.05, 0) is 50.1 Å². The van der Waals surface area contributed by atoms with E-state index in [1.165, 1.54) is 0 Å². The molecule has 0 aliphatic carbocycles. The second-order valence-electron chi connectivity index (χ2n) is 8.62. The Morgan fingerprint density at radius 3 is 2.83 bits per heavy atom. The van der Waals surface area contributed by atoms with E-state index in [1.54, 1.807) is 25.6 Å². The van der Waals surface area contributed by atoms with Gasteiger partial charge in [0.15, 0.2) is 0 Å². The van der Waals surface area contributed by atoms with Gasteiger partial charge in [-0.3, -0.25) is 5.32 Å². The molecule has 3 atom stereocenters. The molecule has 2 unspecified atom stereocenters. The van der Waals surface area contributed by atoms with Crippen LogP contribution in [0.3, 0.4) is 0 Å². The Morgan fingerprint density at radius 2 is 2.06 bits per heavy atom. The average molecular weight is 483 g/mol. The average Bonchev–Trinajstić information content (AvgIpc) is 3.48. The van der Waals surface area contributed by atoms with Gasteiger partial charge in [-0.2, -0.15) is 8.78 Å². The number of ether oxygens (including phenoxy) is 2. The summed E-state index contributed by atoms with van der Waals surface area (Å²) in [7, 11) is 1.59. The molecule has 2 fully saturated rings. The summed E-state index contributed by atoms with van der Waals surface area (Å²) in [4.78, 5) is 8.88. The minimum absolute atomic E-state index is 0.0146. The number of hydrogen-bond acceptors (Lipinski definition) is 7. The quantitative estimate of drug-likeness (QED) is 0.530. The van der Waals surface area contributed by atoms with Crippen LogP contribution in [0.25, 0.3) is 11.8 Å².